The van der Waals surface area contributed by atoms with Crippen LogP contribution in [0.25, 0.3) is 0 Å². The molecule has 1 unspecified atom stereocenters. The van der Waals surface area contributed by atoms with Gasteiger partial charge in [-0.2, -0.15) is 4.31 Å². The van der Waals surface area contributed by atoms with E-state index in [1.807, 2.05) is 6.92 Å². The smallest absolute Gasteiger partial charge is 0.251 e. The number of carbonyl (C=O) groups excluding carboxylic acids is 1. The van der Waals surface area contributed by atoms with Crippen molar-refractivity contribution < 1.29 is 22.0 Å². The molecule has 1 saturated heterocycles. The first-order valence-electron chi connectivity index (χ1n) is 8.51. The van der Waals surface area contributed by atoms with Gasteiger partial charge < -0.3 is 9.73 Å². The lowest BCUT2D eigenvalue weighted by molar-refractivity contribution is 0.0939. The van der Waals surface area contributed by atoms with E-state index in [9.17, 15) is 17.6 Å². The number of carbonyl (C=O) groups is 1. The number of halogens is 1. The number of benzene rings is 1. The zero-order valence-corrected chi connectivity index (χ0v) is 15.3. The quantitative estimate of drug-likeness (QED) is 0.835. The molecular weight excluding hydrogens is 359 g/mol. The molecule has 0 saturated carbocycles. The van der Waals surface area contributed by atoms with E-state index in [1.54, 1.807) is 18.4 Å². The molecule has 140 valence electrons. The third kappa shape index (κ3) is 3.96. The Morgan fingerprint density at radius 1 is 1.31 bits per heavy atom. The fourth-order valence-electron chi connectivity index (χ4n) is 3.00. The molecular formula is C18H21FN2O4S. The van der Waals surface area contributed by atoms with Crippen molar-refractivity contribution in [2.45, 2.75) is 37.1 Å². The molecule has 1 N–H and O–H groups in total. The Hall–Kier alpha value is -2.19. The van der Waals surface area contributed by atoms with Crippen LogP contribution in [0.15, 0.2) is 45.9 Å². The van der Waals surface area contributed by atoms with E-state index in [4.69, 9.17) is 4.42 Å². The van der Waals surface area contributed by atoms with Gasteiger partial charge in [-0.1, -0.05) is 0 Å². The van der Waals surface area contributed by atoms with Gasteiger partial charge in [0.25, 0.3) is 5.91 Å². The number of hydrogen-bond donors (Lipinski definition) is 1. The first kappa shape index (κ1) is 18.6. The highest BCUT2D eigenvalue weighted by Crippen LogP contribution is 2.24. The van der Waals surface area contributed by atoms with Crippen molar-refractivity contribution in [3.05, 3.63) is 53.7 Å². The Balaban J connectivity index is 1.77. The zero-order valence-electron chi connectivity index (χ0n) is 14.4. The number of amides is 1. The number of hydrogen-bond acceptors (Lipinski definition) is 4. The maximum Gasteiger partial charge on any atom is 0.251 e. The van der Waals surface area contributed by atoms with E-state index in [0.717, 1.165) is 30.7 Å². The van der Waals surface area contributed by atoms with Crippen LogP contribution < -0.4 is 5.32 Å². The summed E-state index contributed by atoms with van der Waals surface area (Å²) in [4.78, 5) is 12.0. The van der Waals surface area contributed by atoms with Gasteiger partial charge in [0.2, 0.25) is 10.0 Å². The molecule has 1 aliphatic rings. The number of nitrogens with zero attached hydrogens (tertiary/aromatic N) is 1. The first-order chi connectivity index (χ1) is 12.4. The summed E-state index contributed by atoms with van der Waals surface area (Å²) in [6.07, 6.45) is 3.56. The molecule has 1 aliphatic heterocycles. The lowest BCUT2D eigenvalue weighted by Gasteiger charge is -2.17. The van der Waals surface area contributed by atoms with Gasteiger partial charge in [-0.3, -0.25) is 4.79 Å². The molecule has 1 aromatic heterocycles. The second kappa shape index (κ2) is 7.59. The average Bonchev–Trinajstić information content (AvgIpc) is 3.28. The molecule has 1 aromatic carbocycles. The fourth-order valence-corrected chi connectivity index (χ4v) is 4.61. The van der Waals surface area contributed by atoms with Crippen LogP contribution in [0.1, 0.15) is 35.9 Å². The van der Waals surface area contributed by atoms with Crippen LogP contribution in [-0.2, 0) is 16.4 Å². The highest BCUT2D eigenvalue weighted by atomic mass is 32.2. The molecule has 8 heteroatoms. The summed E-state index contributed by atoms with van der Waals surface area (Å²) >= 11 is 0. The molecule has 2 aromatic rings. The maximum atomic E-state index is 14.1. The molecule has 0 bridgehead atoms. The summed E-state index contributed by atoms with van der Waals surface area (Å²) in [5, 5.41) is 2.77. The van der Waals surface area contributed by atoms with Crippen LogP contribution in [0.4, 0.5) is 4.39 Å². The molecule has 0 radical (unpaired) electrons. The van der Waals surface area contributed by atoms with E-state index in [0.29, 0.717) is 19.5 Å². The number of sulfonamides is 1. The van der Waals surface area contributed by atoms with Crippen molar-refractivity contribution in [3.8, 4) is 0 Å². The lowest BCUT2D eigenvalue weighted by Crippen LogP contribution is -2.34. The van der Waals surface area contributed by atoms with Gasteiger partial charge in [0.1, 0.15) is 16.5 Å². The summed E-state index contributed by atoms with van der Waals surface area (Å²) in [6, 6.07) is 6.76. The topological polar surface area (TPSA) is 79.6 Å². The van der Waals surface area contributed by atoms with Crippen LogP contribution in [0.2, 0.25) is 0 Å². The number of rotatable bonds is 6. The van der Waals surface area contributed by atoms with Crippen molar-refractivity contribution in [2.24, 2.45) is 0 Å². The van der Waals surface area contributed by atoms with E-state index in [1.165, 1.54) is 10.4 Å². The predicted molar refractivity (Wildman–Crippen MR) is 93.7 cm³/mol. The normalized spacial score (nSPS) is 16.5. The fraction of sp³-hybridized carbons (Fsp3) is 0.389. The lowest BCUT2D eigenvalue weighted by atomic mass is 10.1. The third-order valence-electron chi connectivity index (χ3n) is 4.34. The standard InChI is InChI=1S/C18H21FN2O4S/c1-13(11-15-5-4-10-25-15)20-18(22)14-6-7-16(19)17(12-14)26(23,24)21-8-2-3-9-21/h4-7,10,12-13H,2-3,8-9,11H2,1H3,(H,20,22). The minimum Gasteiger partial charge on any atom is -0.469 e. The molecule has 1 atom stereocenters. The van der Waals surface area contributed by atoms with Crippen molar-refractivity contribution in [1.82, 2.24) is 9.62 Å². The Kier molecular flexibility index (Phi) is 5.43. The highest BCUT2D eigenvalue weighted by Gasteiger charge is 2.30. The van der Waals surface area contributed by atoms with Crippen LogP contribution in [0.3, 0.4) is 0 Å². The van der Waals surface area contributed by atoms with Crippen LogP contribution in [0.5, 0.6) is 0 Å². The SMILES string of the molecule is CC(Cc1ccco1)NC(=O)c1ccc(F)c(S(=O)(=O)N2CCCC2)c1. The summed E-state index contributed by atoms with van der Waals surface area (Å²) in [6.45, 7) is 2.56. The van der Waals surface area contributed by atoms with Gasteiger partial charge in [0.05, 0.1) is 6.26 Å². The van der Waals surface area contributed by atoms with E-state index >= 15 is 0 Å². The molecule has 26 heavy (non-hydrogen) atoms. The van der Waals surface area contributed by atoms with Crippen molar-refractivity contribution in [1.29, 1.82) is 0 Å². The number of furan rings is 1. The highest BCUT2D eigenvalue weighted by molar-refractivity contribution is 7.89. The minimum atomic E-state index is -3.93. The first-order valence-corrected chi connectivity index (χ1v) is 9.95. The maximum absolute atomic E-state index is 14.1. The van der Waals surface area contributed by atoms with Crippen molar-refractivity contribution in [3.63, 3.8) is 0 Å². The largest absolute Gasteiger partial charge is 0.469 e. The Bertz CT molecular complexity index is 875. The van der Waals surface area contributed by atoms with Crippen LogP contribution in [0, 0.1) is 5.82 Å². The third-order valence-corrected chi connectivity index (χ3v) is 6.25. The summed E-state index contributed by atoms with van der Waals surface area (Å²) < 4.78 is 45.9. The van der Waals surface area contributed by atoms with Gasteiger partial charge >= 0.3 is 0 Å². The van der Waals surface area contributed by atoms with Crippen molar-refractivity contribution >= 4 is 15.9 Å². The molecule has 0 spiro atoms. The van der Waals surface area contributed by atoms with Gasteiger partial charge in [-0.15, -0.1) is 0 Å². The van der Waals surface area contributed by atoms with Gasteiger partial charge in [-0.25, -0.2) is 12.8 Å². The van der Waals surface area contributed by atoms with Gasteiger partial charge in [0.15, 0.2) is 0 Å². The predicted octanol–water partition coefficient (Wildman–Crippen LogP) is 2.56. The minimum absolute atomic E-state index is 0.107. The Labute approximate surface area is 152 Å². The van der Waals surface area contributed by atoms with E-state index < -0.39 is 26.6 Å². The summed E-state index contributed by atoms with van der Waals surface area (Å²) in [7, 11) is -3.93. The van der Waals surface area contributed by atoms with Gasteiger partial charge in [-0.05, 0) is 50.1 Å². The van der Waals surface area contributed by atoms with Gasteiger partial charge in [0, 0.05) is 31.1 Å². The zero-order chi connectivity index (χ0) is 18.7. The molecule has 1 fully saturated rings. The van der Waals surface area contributed by atoms with Crippen LogP contribution >= 0.6 is 0 Å². The van der Waals surface area contributed by atoms with E-state index in [-0.39, 0.29) is 11.6 Å². The second-order valence-corrected chi connectivity index (χ2v) is 8.32. The molecule has 2 heterocycles. The van der Waals surface area contributed by atoms with E-state index in [2.05, 4.69) is 5.32 Å². The Morgan fingerprint density at radius 3 is 2.69 bits per heavy atom. The van der Waals surface area contributed by atoms with Crippen LogP contribution in [-0.4, -0.2) is 37.8 Å². The monoisotopic (exact) mass is 380 g/mol. The van der Waals surface area contributed by atoms with Crippen molar-refractivity contribution in [2.75, 3.05) is 13.1 Å². The molecule has 6 nitrogen and oxygen atoms in total. The second-order valence-electron chi connectivity index (χ2n) is 6.41. The summed E-state index contributed by atoms with van der Waals surface area (Å²) in [5.41, 5.74) is 0.107. The number of nitrogens with one attached hydrogen (secondary N) is 1. The summed E-state index contributed by atoms with van der Waals surface area (Å²) in [5.74, 6) is -0.576. The Morgan fingerprint density at radius 2 is 2.04 bits per heavy atom. The molecule has 0 aliphatic carbocycles. The average molecular weight is 380 g/mol. The molecule has 3 rings (SSSR count). The molecule has 1 amide bonds.